The van der Waals surface area contributed by atoms with E-state index in [4.69, 9.17) is 4.99 Å². The average molecular weight is 399 g/mol. The molecule has 0 unspecified atom stereocenters. The van der Waals surface area contributed by atoms with Gasteiger partial charge in [0.15, 0.2) is 0 Å². The summed E-state index contributed by atoms with van der Waals surface area (Å²) in [5.41, 5.74) is 8.65. The minimum absolute atomic E-state index is 0.963. The first kappa shape index (κ1) is 18.8. The Hall–Kier alpha value is -4.17. The Bertz CT molecular complexity index is 1290. The van der Waals surface area contributed by atoms with Crippen LogP contribution in [0.15, 0.2) is 120 Å². The van der Waals surface area contributed by atoms with E-state index >= 15 is 0 Å². The summed E-state index contributed by atoms with van der Waals surface area (Å²) < 4.78 is 0. The standard InChI is InChI=1S/C29H22N2/c1-4-10-22(11-5-1)16-17-25-18-19-26(30-25)20-29-27(23-12-6-2-7-13-23)21-28(31-29)24-14-8-3-9-15-24/h1-21,30H/b17-16+,29-20?. The maximum absolute atomic E-state index is 4.96. The Kier molecular flexibility index (Phi) is 5.27. The van der Waals surface area contributed by atoms with Gasteiger partial charge in [-0.3, -0.25) is 0 Å². The molecule has 2 heteroatoms. The summed E-state index contributed by atoms with van der Waals surface area (Å²) in [5, 5.41) is 0. The van der Waals surface area contributed by atoms with E-state index in [1.807, 2.05) is 42.5 Å². The van der Waals surface area contributed by atoms with Crippen LogP contribution in [0.3, 0.4) is 0 Å². The van der Waals surface area contributed by atoms with Crippen LogP contribution in [0.1, 0.15) is 28.1 Å². The first-order valence-corrected chi connectivity index (χ1v) is 10.4. The molecule has 0 amide bonds. The summed E-state index contributed by atoms with van der Waals surface area (Å²) in [6.07, 6.45) is 8.50. The smallest absolute Gasteiger partial charge is 0.0736 e. The van der Waals surface area contributed by atoms with Gasteiger partial charge in [-0.2, -0.15) is 0 Å². The molecule has 0 bridgehead atoms. The van der Waals surface area contributed by atoms with Crippen molar-refractivity contribution in [1.29, 1.82) is 0 Å². The molecule has 31 heavy (non-hydrogen) atoms. The highest BCUT2D eigenvalue weighted by molar-refractivity contribution is 6.18. The fraction of sp³-hybridized carbons (Fsp3) is 0. The largest absolute Gasteiger partial charge is 0.355 e. The van der Waals surface area contributed by atoms with Crippen molar-refractivity contribution in [3.8, 4) is 0 Å². The third-order valence-electron chi connectivity index (χ3n) is 5.23. The predicted molar refractivity (Wildman–Crippen MR) is 132 cm³/mol. The molecule has 0 saturated heterocycles. The summed E-state index contributed by atoms with van der Waals surface area (Å²) in [5.74, 6) is 0. The first-order chi connectivity index (χ1) is 15.3. The fourth-order valence-corrected chi connectivity index (χ4v) is 3.66. The van der Waals surface area contributed by atoms with E-state index in [2.05, 4.69) is 90.0 Å². The predicted octanol–water partition coefficient (Wildman–Crippen LogP) is 7.11. The fourth-order valence-electron chi connectivity index (χ4n) is 3.66. The van der Waals surface area contributed by atoms with Crippen molar-refractivity contribution in [2.24, 2.45) is 4.99 Å². The number of hydrogen-bond donors (Lipinski definition) is 1. The lowest BCUT2D eigenvalue weighted by atomic mass is 10.0. The van der Waals surface area contributed by atoms with Crippen LogP contribution < -0.4 is 0 Å². The van der Waals surface area contributed by atoms with Gasteiger partial charge in [0, 0.05) is 22.5 Å². The van der Waals surface area contributed by atoms with Crippen molar-refractivity contribution in [2.45, 2.75) is 0 Å². The van der Waals surface area contributed by atoms with E-state index in [9.17, 15) is 0 Å². The number of benzene rings is 3. The zero-order chi connectivity index (χ0) is 20.9. The van der Waals surface area contributed by atoms with Gasteiger partial charge >= 0.3 is 0 Å². The molecule has 0 saturated carbocycles. The molecule has 2 heterocycles. The number of allylic oxidation sites excluding steroid dienone is 2. The third-order valence-corrected chi connectivity index (χ3v) is 5.23. The second-order valence-electron chi connectivity index (χ2n) is 7.43. The highest BCUT2D eigenvalue weighted by Gasteiger charge is 2.17. The molecule has 4 aromatic rings. The Morgan fingerprint density at radius 1 is 0.581 bits per heavy atom. The first-order valence-electron chi connectivity index (χ1n) is 10.4. The zero-order valence-electron chi connectivity index (χ0n) is 17.1. The Labute approximate surface area is 182 Å². The van der Waals surface area contributed by atoms with Crippen molar-refractivity contribution in [3.63, 3.8) is 0 Å². The van der Waals surface area contributed by atoms with Crippen molar-refractivity contribution in [1.82, 2.24) is 4.98 Å². The molecular weight excluding hydrogens is 376 g/mol. The molecule has 2 nitrogen and oxygen atoms in total. The van der Waals surface area contributed by atoms with Gasteiger partial charge in [0.25, 0.3) is 0 Å². The summed E-state index contributed by atoms with van der Waals surface area (Å²) in [4.78, 5) is 8.44. The van der Waals surface area contributed by atoms with Crippen LogP contribution in [0, 0.1) is 0 Å². The topological polar surface area (TPSA) is 28.1 Å². The normalized spacial score (nSPS) is 14.8. The quantitative estimate of drug-likeness (QED) is 0.371. The summed E-state index contributed by atoms with van der Waals surface area (Å²) in [6.45, 7) is 0. The van der Waals surface area contributed by atoms with Gasteiger partial charge < -0.3 is 4.98 Å². The van der Waals surface area contributed by atoms with Gasteiger partial charge in [-0.15, -0.1) is 0 Å². The molecule has 1 aliphatic heterocycles. The molecule has 0 radical (unpaired) electrons. The highest BCUT2D eigenvalue weighted by Crippen LogP contribution is 2.32. The number of nitrogens with one attached hydrogen (secondary N) is 1. The zero-order valence-corrected chi connectivity index (χ0v) is 17.1. The lowest BCUT2D eigenvalue weighted by Crippen LogP contribution is -1.92. The van der Waals surface area contributed by atoms with E-state index in [1.54, 1.807) is 0 Å². The second-order valence-corrected chi connectivity index (χ2v) is 7.43. The molecule has 5 rings (SSSR count). The van der Waals surface area contributed by atoms with Crippen LogP contribution in [0.5, 0.6) is 0 Å². The molecular formula is C29H22N2. The van der Waals surface area contributed by atoms with Gasteiger partial charge in [-0.05, 0) is 41.5 Å². The monoisotopic (exact) mass is 398 g/mol. The van der Waals surface area contributed by atoms with Gasteiger partial charge in [-0.1, -0.05) is 97.1 Å². The van der Waals surface area contributed by atoms with Crippen LogP contribution in [0.4, 0.5) is 0 Å². The summed E-state index contributed by atoms with van der Waals surface area (Å²) >= 11 is 0. The number of rotatable bonds is 5. The Balaban J connectivity index is 1.47. The van der Waals surface area contributed by atoms with Crippen molar-refractivity contribution in [2.75, 3.05) is 0 Å². The van der Waals surface area contributed by atoms with E-state index in [0.29, 0.717) is 0 Å². The molecule has 0 atom stereocenters. The van der Waals surface area contributed by atoms with E-state index < -0.39 is 0 Å². The van der Waals surface area contributed by atoms with Crippen molar-refractivity contribution < 1.29 is 0 Å². The summed E-state index contributed by atoms with van der Waals surface area (Å²) in [7, 11) is 0. The highest BCUT2D eigenvalue weighted by atomic mass is 14.8. The maximum Gasteiger partial charge on any atom is 0.0736 e. The van der Waals surface area contributed by atoms with Crippen molar-refractivity contribution >= 4 is 29.5 Å². The Morgan fingerprint density at radius 2 is 1.19 bits per heavy atom. The van der Waals surface area contributed by atoms with Gasteiger partial charge in [0.2, 0.25) is 0 Å². The van der Waals surface area contributed by atoms with E-state index in [1.165, 1.54) is 11.1 Å². The van der Waals surface area contributed by atoms with Crippen molar-refractivity contribution in [3.05, 3.63) is 143 Å². The minimum Gasteiger partial charge on any atom is -0.355 e. The Morgan fingerprint density at radius 3 is 1.90 bits per heavy atom. The molecule has 1 aliphatic rings. The lowest BCUT2D eigenvalue weighted by molar-refractivity contribution is 1.33. The van der Waals surface area contributed by atoms with Gasteiger partial charge in [-0.25, -0.2) is 4.99 Å². The van der Waals surface area contributed by atoms with E-state index in [0.717, 1.165) is 33.9 Å². The summed E-state index contributed by atoms with van der Waals surface area (Å²) in [6, 6.07) is 35.2. The van der Waals surface area contributed by atoms with Gasteiger partial charge in [0.1, 0.15) is 0 Å². The molecule has 0 spiro atoms. The minimum atomic E-state index is 0.963. The molecule has 148 valence electrons. The molecule has 1 aromatic heterocycles. The van der Waals surface area contributed by atoms with Crippen LogP contribution in [-0.2, 0) is 0 Å². The third kappa shape index (κ3) is 4.39. The molecule has 3 aromatic carbocycles. The molecule has 1 N–H and O–H groups in total. The van der Waals surface area contributed by atoms with Gasteiger partial charge in [0.05, 0.1) is 11.4 Å². The van der Waals surface area contributed by atoms with Crippen LogP contribution >= 0.6 is 0 Å². The van der Waals surface area contributed by atoms with Crippen LogP contribution in [0.25, 0.3) is 23.8 Å². The number of hydrogen-bond acceptors (Lipinski definition) is 1. The average Bonchev–Trinajstić information content (AvgIpc) is 3.47. The molecule has 0 fully saturated rings. The number of H-pyrrole nitrogens is 1. The number of aliphatic imine (C=N–C) groups is 1. The maximum atomic E-state index is 4.96. The number of nitrogens with zero attached hydrogens (tertiary/aromatic N) is 1. The van der Waals surface area contributed by atoms with Crippen LogP contribution in [0.2, 0.25) is 0 Å². The number of aromatic amines is 1. The van der Waals surface area contributed by atoms with E-state index in [-0.39, 0.29) is 0 Å². The lowest BCUT2D eigenvalue weighted by Gasteiger charge is -2.03. The SMILES string of the molecule is C(=C1N=C(c2ccccc2)C=C1c1ccccc1)c1ccc(/C=C/c2ccccc2)[nH]1. The second kappa shape index (κ2) is 8.68. The molecule has 0 aliphatic carbocycles. The van der Waals surface area contributed by atoms with Crippen LogP contribution in [-0.4, -0.2) is 10.7 Å². The number of aromatic nitrogens is 1.